The van der Waals surface area contributed by atoms with Gasteiger partial charge in [-0.15, -0.1) is 10.2 Å². The molecule has 2 aromatic rings. The van der Waals surface area contributed by atoms with E-state index in [-0.39, 0.29) is 17.8 Å². The molecule has 7 nitrogen and oxygen atoms in total. The van der Waals surface area contributed by atoms with Gasteiger partial charge in [0.15, 0.2) is 5.16 Å². The van der Waals surface area contributed by atoms with Crippen LogP contribution in [0.5, 0.6) is 11.5 Å². The highest BCUT2D eigenvalue weighted by atomic mass is 32.2. The number of hydrogen-bond donors (Lipinski definition) is 1. The summed E-state index contributed by atoms with van der Waals surface area (Å²) in [7, 11) is 0. The van der Waals surface area contributed by atoms with Gasteiger partial charge in [-0.3, -0.25) is 4.79 Å². The predicted molar refractivity (Wildman–Crippen MR) is 99.1 cm³/mol. The van der Waals surface area contributed by atoms with Gasteiger partial charge in [-0.25, -0.2) is 0 Å². The summed E-state index contributed by atoms with van der Waals surface area (Å²) >= 11 is 1.40. The number of nitrogens with one attached hydrogen (secondary N) is 1. The van der Waals surface area contributed by atoms with E-state index in [1.54, 1.807) is 6.33 Å². The topological polar surface area (TPSA) is 78.3 Å². The molecule has 2 heterocycles. The van der Waals surface area contributed by atoms with E-state index in [9.17, 15) is 4.79 Å². The standard InChI is InChI=1S/C18H22N4O3S/c1-3-24-16-7-12-6-11(2)25-15(12)8-14(16)20-17(23)9-26-18-21-19-10-22(18)13-4-5-13/h7-8,10-11,13H,3-6,9H2,1-2H3,(H,20,23)/t11-/m1/s1. The molecule has 26 heavy (non-hydrogen) atoms. The number of ether oxygens (including phenoxy) is 2. The van der Waals surface area contributed by atoms with Crippen molar-refractivity contribution in [2.24, 2.45) is 0 Å². The molecular formula is C18H22N4O3S. The van der Waals surface area contributed by atoms with E-state index >= 15 is 0 Å². The molecule has 1 aliphatic heterocycles. The molecule has 1 fully saturated rings. The number of amides is 1. The van der Waals surface area contributed by atoms with Crippen molar-refractivity contribution in [3.05, 3.63) is 24.0 Å². The van der Waals surface area contributed by atoms with Gasteiger partial charge >= 0.3 is 0 Å². The second-order valence-corrected chi connectivity index (χ2v) is 7.55. The average molecular weight is 374 g/mol. The molecule has 1 amide bonds. The van der Waals surface area contributed by atoms with Crippen LogP contribution in [0, 0.1) is 0 Å². The van der Waals surface area contributed by atoms with E-state index in [1.165, 1.54) is 11.8 Å². The first kappa shape index (κ1) is 17.2. The summed E-state index contributed by atoms with van der Waals surface area (Å²) in [6.45, 7) is 4.50. The zero-order chi connectivity index (χ0) is 18.1. The molecule has 0 saturated heterocycles. The molecule has 0 bridgehead atoms. The van der Waals surface area contributed by atoms with Crippen LogP contribution in [0.4, 0.5) is 5.69 Å². The summed E-state index contributed by atoms with van der Waals surface area (Å²) in [4.78, 5) is 12.4. The number of thioether (sulfide) groups is 1. The fourth-order valence-corrected chi connectivity index (χ4v) is 3.85. The van der Waals surface area contributed by atoms with E-state index in [4.69, 9.17) is 9.47 Å². The third kappa shape index (κ3) is 3.65. The molecule has 4 rings (SSSR count). The highest BCUT2D eigenvalue weighted by molar-refractivity contribution is 7.99. The van der Waals surface area contributed by atoms with Gasteiger partial charge in [0.25, 0.3) is 0 Å². The molecule has 1 aliphatic carbocycles. The largest absolute Gasteiger partial charge is 0.492 e. The number of aromatic nitrogens is 3. The van der Waals surface area contributed by atoms with Crippen LogP contribution in [0.15, 0.2) is 23.6 Å². The van der Waals surface area contributed by atoms with Gasteiger partial charge in [-0.2, -0.15) is 0 Å². The summed E-state index contributed by atoms with van der Waals surface area (Å²) in [6, 6.07) is 4.32. The van der Waals surface area contributed by atoms with Crippen molar-refractivity contribution in [3.63, 3.8) is 0 Å². The first-order chi connectivity index (χ1) is 12.6. The fraction of sp³-hybridized carbons (Fsp3) is 0.500. The number of carbonyl (C=O) groups excluding carboxylic acids is 1. The van der Waals surface area contributed by atoms with Crippen LogP contribution in [-0.4, -0.2) is 39.1 Å². The Labute approximate surface area is 156 Å². The van der Waals surface area contributed by atoms with Crippen LogP contribution in [-0.2, 0) is 11.2 Å². The van der Waals surface area contributed by atoms with Crippen molar-refractivity contribution < 1.29 is 14.3 Å². The molecule has 0 radical (unpaired) electrons. The zero-order valence-corrected chi connectivity index (χ0v) is 15.7. The Balaban J connectivity index is 1.43. The van der Waals surface area contributed by atoms with Crippen LogP contribution in [0.2, 0.25) is 0 Å². The maximum atomic E-state index is 12.4. The lowest BCUT2D eigenvalue weighted by Crippen LogP contribution is -2.15. The number of benzene rings is 1. The second kappa shape index (κ2) is 7.19. The zero-order valence-electron chi connectivity index (χ0n) is 14.9. The quantitative estimate of drug-likeness (QED) is 0.751. The Kier molecular flexibility index (Phi) is 4.76. The monoisotopic (exact) mass is 374 g/mol. The highest BCUT2D eigenvalue weighted by Crippen LogP contribution is 2.39. The highest BCUT2D eigenvalue weighted by Gasteiger charge is 2.27. The minimum absolute atomic E-state index is 0.104. The maximum Gasteiger partial charge on any atom is 0.234 e. The molecule has 1 N–H and O–H groups in total. The van der Waals surface area contributed by atoms with Crippen LogP contribution >= 0.6 is 11.8 Å². The number of hydrogen-bond acceptors (Lipinski definition) is 6. The maximum absolute atomic E-state index is 12.4. The molecule has 2 aliphatic rings. The lowest BCUT2D eigenvalue weighted by atomic mass is 10.1. The van der Waals surface area contributed by atoms with Gasteiger partial charge in [0.2, 0.25) is 5.91 Å². The number of rotatable bonds is 7. The van der Waals surface area contributed by atoms with Crippen molar-refractivity contribution in [2.75, 3.05) is 17.7 Å². The molecule has 138 valence electrons. The van der Waals surface area contributed by atoms with Gasteiger partial charge in [-0.05, 0) is 32.8 Å². The van der Waals surface area contributed by atoms with Gasteiger partial charge < -0.3 is 19.4 Å². The van der Waals surface area contributed by atoms with Gasteiger partial charge in [-0.1, -0.05) is 11.8 Å². The minimum Gasteiger partial charge on any atom is -0.492 e. The van der Waals surface area contributed by atoms with Crippen molar-refractivity contribution >= 4 is 23.4 Å². The Morgan fingerprint density at radius 3 is 3.08 bits per heavy atom. The van der Waals surface area contributed by atoms with Crippen molar-refractivity contribution in [2.45, 2.75) is 50.4 Å². The SMILES string of the molecule is CCOc1cc2c(cc1NC(=O)CSc1nncn1C1CC1)O[C@H](C)C2. The lowest BCUT2D eigenvalue weighted by molar-refractivity contribution is -0.113. The predicted octanol–water partition coefficient (Wildman–Crippen LogP) is 3.07. The van der Waals surface area contributed by atoms with Gasteiger partial charge in [0.05, 0.1) is 18.0 Å². The molecule has 0 unspecified atom stereocenters. The Morgan fingerprint density at radius 2 is 2.31 bits per heavy atom. The smallest absolute Gasteiger partial charge is 0.234 e. The fourth-order valence-electron chi connectivity index (χ4n) is 3.07. The van der Waals surface area contributed by atoms with Crippen LogP contribution in [0.3, 0.4) is 0 Å². The Hall–Kier alpha value is -2.22. The van der Waals surface area contributed by atoms with Crippen molar-refractivity contribution in [1.29, 1.82) is 0 Å². The van der Waals surface area contributed by atoms with Gasteiger partial charge in [0.1, 0.15) is 23.9 Å². The van der Waals surface area contributed by atoms with E-state index in [2.05, 4.69) is 15.5 Å². The molecule has 8 heteroatoms. The number of carbonyl (C=O) groups is 1. The van der Waals surface area contributed by atoms with Crippen molar-refractivity contribution in [3.8, 4) is 11.5 Å². The Bertz CT molecular complexity index is 819. The minimum atomic E-state index is -0.104. The molecule has 0 spiro atoms. The molecule has 1 atom stereocenters. The van der Waals surface area contributed by atoms with E-state index < -0.39 is 0 Å². The number of fused-ring (bicyclic) bond motifs is 1. The Morgan fingerprint density at radius 1 is 1.46 bits per heavy atom. The number of nitrogens with zero attached hydrogens (tertiary/aromatic N) is 3. The van der Waals surface area contributed by atoms with Crippen molar-refractivity contribution in [1.82, 2.24) is 14.8 Å². The van der Waals surface area contributed by atoms with E-state index in [0.717, 1.165) is 35.7 Å². The van der Waals surface area contributed by atoms with Crippen LogP contribution in [0.1, 0.15) is 38.3 Å². The lowest BCUT2D eigenvalue weighted by Gasteiger charge is -2.13. The number of anilines is 1. The van der Waals surface area contributed by atoms with E-state index in [1.807, 2.05) is 30.5 Å². The summed E-state index contributed by atoms with van der Waals surface area (Å²) in [6.07, 6.45) is 5.06. The third-order valence-corrected chi connectivity index (χ3v) is 5.34. The molecular weight excluding hydrogens is 352 g/mol. The molecule has 1 saturated carbocycles. The first-order valence-corrected chi connectivity index (χ1v) is 9.91. The van der Waals surface area contributed by atoms with E-state index in [0.29, 0.717) is 24.1 Å². The third-order valence-electron chi connectivity index (χ3n) is 4.38. The normalized spacial score (nSPS) is 18.3. The van der Waals surface area contributed by atoms with Gasteiger partial charge in [0, 0.05) is 24.1 Å². The van der Waals surface area contributed by atoms with Crippen LogP contribution < -0.4 is 14.8 Å². The summed E-state index contributed by atoms with van der Waals surface area (Å²) < 4.78 is 13.6. The summed E-state index contributed by atoms with van der Waals surface area (Å²) in [5, 5.41) is 11.8. The van der Waals surface area contributed by atoms with Crippen LogP contribution in [0.25, 0.3) is 0 Å². The average Bonchev–Trinajstić information content (AvgIpc) is 3.23. The summed E-state index contributed by atoms with van der Waals surface area (Å²) in [5.74, 6) is 1.67. The second-order valence-electron chi connectivity index (χ2n) is 6.61. The molecule has 1 aromatic carbocycles. The molecule has 1 aromatic heterocycles. The summed E-state index contributed by atoms with van der Waals surface area (Å²) in [5.41, 5.74) is 1.76. The first-order valence-electron chi connectivity index (χ1n) is 8.92.